The summed E-state index contributed by atoms with van der Waals surface area (Å²) in [6, 6.07) is 0. The fraction of sp³-hybridized carbons (Fsp3) is 0.939. The van der Waals surface area contributed by atoms with Gasteiger partial charge in [-0.05, 0) is 43.9 Å². The molecule has 0 saturated carbocycles. The lowest BCUT2D eigenvalue weighted by molar-refractivity contribution is -0.150. The molecule has 6 unspecified atom stereocenters. The van der Waals surface area contributed by atoms with Crippen LogP contribution in [0.5, 0.6) is 0 Å². The van der Waals surface area contributed by atoms with Crippen molar-refractivity contribution in [1.82, 2.24) is 4.90 Å². The Morgan fingerprint density at radius 1 is 0.659 bits per heavy atom. The van der Waals surface area contributed by atoms with Crippen LogP contribution in [0.4, 0.5) is 0 Å². The average Bonchev–Trinajstić information content (AvgIpc) is 2.91. The zero-order valence-corrected chi connectivity index (χ0v) is 27.3. The molecular weight excluding hydrogens is 522 g/mol. The van der Waals surface area contributed by atoms with Crippen molar-refractivity contribution in [2.24, 2.45) is 23.7 Å². The van der Waals surface area contributed by atoms with Gasteiger partial charge < -0.3 is 24.8 Å². The van der Waals surface area contributed by atoms with Gasteiger partial charge in [-0.2, -0.15) is 0 Å². The maximum Gasteiger partial charge on any atom is 0.308 e. The summed E-state index contributed by atoms with van der Waals surface area (Å²) in [6.07, 6.45) is 10.7. The van der Waals surface area contributed by atoms with Crippen LogP contribution in [-0.4, -0.2) is 83.8 Å². The van der Waals surface area contributed by atoms with E-state index in [9.17, 15) is 24.9 Å². The first-order chi connectivity index (χ1) is 19.5. The summed E-state index contributed by atoms with van der Waals surface area (Å²) in [5.74, 6) is -0.419. The Hall–Kier alpha value is -1.22. The summed E-state index contributed by atoms with van der Waals surface area (Å²) < 4.78 is 10.9. The Kier molecular flexibility index (Phi) is 24.5. The van der Waals surface area contributed by atoms with Gasteiger partial charge in [0.1, 0.15) is 0 Å². The second-order valence-electron chi connectivity index (χ2n) is 12.5. The number of unbranched alkanes of at least 4 members (excludes halogenated alkanes) is 4. The minimum absolute atomic E-state index is 0.00187. The number of aliphatic hydroxyl groups excluding tert-OH is 3. The number of hydrogen-bond acceptors (Lipinski definition) is 8. The van der Waals surface area contributed by atoms with Crippen molar-refractivity contribution in [2.75, 3.05) is 39.5 Å². The van der Waals surface area contributed by atoms with E-state index < -0.39 is 24.0 Å². The normalized spacial score (nSPS) is 16.1. The maximum atomic E-state index is 12.4. The summed E-state index contributed by atoms with van der Waals surface area (Å²) in [4.78, 5) is 26.8. The van der Waals surface area contributed by atoms with Crippen LogP contribution in [0.25, 0.3) is 0 Å². The van der Waals surface area contributed by atoms with Crippen LogP contribution in [0.15, 0.2) is 0 Å². The number of carbonyl (C=O) groups is 2. The van der Waals surface area contributed by atoms with Crippen molar-refractivity contribution >= 4 is 11.9 Å². The van der Waals surface area contributed by atoms with Gasteiger partial charge in [-0.25, -0.2) is 0 Å². The van der Waals surface area contributed by atoms with Crippen LogP contribution in [0.1, 0.15) is 125 Å². The van der Waals surface area contributed by atoms with Gasteiger partial charge in [0.2, 0.25) is 0 Å². The first-order valence-electron chi connectivity index (χ1n) is 16.6. The van der Waals surface area contributed by atoms with Crippen molar-refractivity contribution in [2.45, 2.75) is 137 Å². The minimum atomic E-state index is -0.780. The standard InChI is InChI=1S/C33H65NO7/c1-7-9-11-14-26(3)16-20-40-32(38)28(5)22-30(36)24-34(18-13-19-35)25-31(37)23-29(6)33(39)41-21-17-27(4)15-12-10-8-2/h26-31,35-37H,7-25H2,1-6H3. The van der Waals surface area contributed by atoms with E-state index in [1.807, 2.05) is 4.90 Å². The molecule has 0 aliphatic rings. The average molecular weight is 588 g/mol. The summed E-state index contributed by atoms with van der Waals surface area (Å²) in [6.45, 7) is 14.1. The Morgan fingerprint density at radius 2 is 1.07 bits per heavy atom. The zero-order valence-electron chi connectivity index (χ0n) is 27.3. The molecule has 244 valence electrons. The number of hydrogen-bond donors (Lipinski definition) is 3. The molecule has 0 aliphatic carbocycles. The van der Waals surface area contributed by atoms with E-state index in [0.717, 1.165) is 25.7 Å². The molecule has 6 atom stereocenters. The predicted octanol–water partition coefficient (Wildman–Crippen LogP) is 5.74. The van der Waals surface area contributed by atoms with E-state index in [4.69, 9.17) is 9.47 Å². The quantitative estimate of drug-likeness (QED) is 0.0822. The highest BCUT2D eigenvalue weighted by atomic mass is 16.5. The van der Waals surface area contributed by atoms with Gasteiger partial charge in [0, 0.05) is 26.2 Å². The first kappa shape index (κ1) is 39.8. The van der Waals surface area contributed by atoms with Gasteiger partial charge in [0.15, 0.2) is 0 Å². The Morgan fingerprint density at radius 3 is 1.44 bits per heavy atom. The van der Waals surface area contributed by atoms with Crippen LogP contribution in [0.3, 0.4) is 0 Å². The molecule has 0 aromatic carbocycles. The fourth-order valence-corrected chi connectivity index (χ4v) is 5.09. The van der Waals surface area contributed by atoms with Crippen molar-refractivity contribution in [3.05, 3.63) is 0 Å². The number of aliphatic hydroxyl groups is 3. The molecule has 3 N–H and O–H groups in total. The van der Waals surface area contributed by atoms with Crippen molar-refractivity contribution in [1.29, 1.82) is 0 Å². The minimum Gasteiger partial charge on any atom is -0.465 e. The van der Waals surface area contributed by atoms with Crippen LogP contribution >= 0.6 is 0 Å². The van der Waals surface area contributed by atoms with Crippen molar-refractivity contribution < 1.29 is 34.4 Å². The largest absolute Gasteiger partial charge is 0.465 e. The first-order valence-corrected chi connectivity index (χ1v) is 16.6. The van der Waals surface area contributed by atoms with Crippen molar-refractivity contribution in [3.63, 3.8) is 0 Å². The van der Waals surface area contributed by atoms with Crippen LogP contribution in [-0.2, 0) is 19.1 Å². The number of carbonyl (C=O) groups excluding carboxylic acids is 2. The SMILES string of the molecule is CCCCCC(C)CCOC(=O)C(C)CC(O)CN(CCCO)CC(O)CC(C)C(=O)OCCC(C)CCCCC. The molecule has 0 aromatic heterocycles. The smallest absolute Gasteiger partial charge is 0.308 e. The number of ether oxygens (including phenoxy) is 2. The van der Waals surface area contributed by atoms with Gasteiger partial charge in [-0.3, -0.25) is 14.5 Å². The third-order valence-electron chi connectivity index (χ3n) is 7.94. The van der Waals surface area contributed by atoms with Gasteiger partial charge in [-0.15, -0.1) is 0 Å². The Labute approximate surface area is 251 Å². The number of nitrogens with zero attached hydrogens (tertiary/aromatic N) is 1. The molecule has 0 radical (unpaired) electrons. The number of esters is 2. The molecule has 0 spiro atoms. The van der Waals surface area contributed by atoms with E-state index in [1.54, 1.807) is 13.8 Å². The lowest BCUT2D eigenvalue weighted by atomic mass is 10.00. The third kappa shape index (κ3) is 22.0. The molecule has 0 aliphatic heterocycles. The van der Waals surface area contributed by atoms with Gasteiger partial charge in [0.25, 0.3) is 0 Å². The second-order valence-corrected chi connectivity index (χ2v) is 12.5. The molecule has 0 saturated heterocycles. The molecule has 0 fully saturated rings. The van der Waals surface area contributed by atoms with Gasteiger partial charge in [-0.1, -0.05) is 92.9 Å². The summed E-state index contributed by atoms with van der Waals surface area (Å²) in [5, 5.41) is 30.7. The molecule has 0 amide bonds. The Balaban J connectivity index is 4.51. The predicted molar refractivity (Wildman–Crippen MR) is 165 cm³/mol. The molecular formula is C33H65NO7. The zero-order chi connectivity index (χ0) is 31.0. The lowest BCUT2D eigenvalue weighted by Gasteiger charge is -2.28. The van der Waals surface area contributed by atoms with Gasteiger partial charge >= 0.3 is 11.9 Å². The van der Waals surface area contributed by atoms with E-state index in [0.29, 0.717) is 38.0 Å². The fourth-order valence-electron chi connectivity index (χ4n) is 5.09. The van der Waals surface area contributed by atoms with E-state index >= 15 is 0 Å². The summed E-state index contributed by atoms with van der Waals surface area (Å²) in [7, 11) is 0. The second kappa shape index (κ2) is 25.3. The van der Waals surface area contributed by atoms with Crippen LogP contribution in [0, 0.1) is 23.7 Å². The van der Waals surface area contributed by atoms with E-state index in [2.05, 4.69) is 27.7 Å². The topological polar surface area (TPSA) is 117 Å². The lowest BCUT2D eigenvalue weighted by Crippen LogP contribution is -2.40. The molecule has 41 heavy (non-hydrogen) atoms. The maximum absolute atomic E-state index is 12.4. The van der Waals surface area contributed by atoms with E-state index in [-0.39, 0.29) is 44.5 Å². The molecule has 0 aromatic rings. The van der Waals surface area contributed by atoms with Crippen LogP contribution in [0.2, 0.25) is 0 Å². The highest BCUT2D eigenvalue weighted by molar-refractivity contribution is 5.72. The molecule has 0 rings (SSSR count). The highest BCUT2D eigenvalue weighted by Gasteiger charge is 2.24. The van der Waals surface area contributed by atoms with Crippen molar-refractivity contribution in [3.8, 4) is 0 Å². The molecule has 8 heteroatoms. The molecule has 0 heterocycles. The molecule has 0 bridgehead atoms. The Bertz CT molecular complexity index is 597. The number of rotatable bonds is 27. The van der Waals surface area contributed by atoms with Gasteiger partial charge in [0.05, 0.1) is 37.3 Å². The van der Waals surface area contributed by atoms with E-state index in [1.165, 1.54) is 38.5 Å². The summed E-state index contributed by atoms with van der Waals surface area (Å²) in [5.41, 5.74) is 0. The van der Waals surface area contributed by atoms with Crippen LogP contribution < -0.4 is 0 Å². The highest BCUT2D eigenvalue weighted by Crippen LogP contribution is 2.17. The monoisotopic (exact) mass is 587 g/mol. The third-order valence-corrected chi connectivity index (χ3v) is 7.94. The summed E-state index contributed by atoms with van der Waals surface area (Å²) >= 11 is 0. The molecule has 8 nitrogen and oxygen atoms in total.